The first-order chi connectivity index (χ1) is 9.54. The first-order valence-corrected chi connectivity index (χ1v) is 6.93. The van der Waals surface area contributed by atoms with Crippen LogP contribution in [0.2, 0.25) is 5.02 Å². The third-order valence-electron chi connectivity index (χ3n) is 3.36. The van der Waals surface area contributed by atoms with E-state index >= 15 is 0 Å². The maximum absolute atomic E-state index is 12.0. The minimum absolute atomic E-state index is 0.0257. The molecule has 0 saturated carbocycles. The van der Waals surface area contributed by atoms with Crippen molar-refractivity contribution >= 4 is 23.2 Å². The van der Waals surface area contributed by atoms with Gasteiger partial charge in [0.15, 0.2) is 0 Å². The van der Waals surface area contributed by atoms with Crippen LogP contribution < -0.4 is 4.74 Å². The summed E-state index contributed by atoms with van der Waals surface area (Å²) in [6.45, 7) is 5.97. The number of rotatable bonds is 4. The summed E-state index contributed by atoms with van der Waals surface area (Å²) in [6, 6.07) is 5.49. The fraction of sp³-hybridized carbons (Fsp3) is 0.312. The van der Waals surface area contributed by atoms with Crippen LogP contribution in [0.15, 0.2) is 36.9 Å². The molecule has 20 heavy (non-hydrogen) atoms. The Morgan fingerprint density at radius 2 is 2.30 bits per heavy atom. The zero-order valence-electron chi connectivity index (χ0n) is 11.7. The molecule has 0 fully saturated rings. The summed E-state index contributed by atoms with van der Waals surface area (Å²) >= 11 is 6.31. The smallest absolute Gasteiger partial charge is 0.229 e. The molecule has 1 atom stereocenters. The van der Waals surface area contributed by atoms with Gasteiger partial charge in [-0.1, -0.05) is 37.3 Å². The number of amides is 1. The molecule has 106 valence electrons. The Kier molecular flexibility index (Phi) is 4.50. The van der Waals surface area contributed by atoms with Crippen molar-refractivity contribution in [2.45, 2.75) is 13.3 Å². The molecule has 3 nitrogen and oxygen atoms in total. The van der Waals surface area contributed by atoms with Crippen molar-refractivity contribution in [2.24, 2.45) is 5.92 Å². The van der Waals surface area contributed by atoms with Crippen LogP contribution >= 0.6 is 11.6 Å². The predicted octanol–water partition coefficient (Wildman–Crippen LogP) is 3.74. The van der Waals surface area contributed by atoms with Crippen molar-refractivity contribution in [3.8, 4) is 5.75 Å². The molecule has 1 aliphatic heterocycles. The summed E-state index contributed by atoms with van der Waals surface area (Å²) in [5.74, 6) is 0.834. The number of carbonyl (C=O) groups is 1. The topological polar surface area (TPSA) is 29.5 Å². The minimum Gasteiger partial charge on any atom is -0.490 e. The van der Waals surface area contributed by atoms with Gasteiger partial charge in [-0.25, -0.2) is 0 Å². The fourth-order valence-corrected chi connectivity index (χ4v) is 2.48. The van der Waals surface area contributed by atoms with Gasteiger partial charge in [-0.05, 0) is 24.6 Å². The molecule has 1 amide bonds. The number of carbonyl (C=O) groups excluding carboxylic acids is 1. The lowest BCUT2D eigenvalue weighted by atomic mass is 9.98. The van der Waals surface area contributed by atoms with E-state index in [1.54, 1.807) is 24.1 Å². The maximum Gasteiger partial charge on any atom is 0.229 e. The summed E-state index contributed by atoms with van der Waals surface area (Å²) in [6.07, 6.45) is 4.47. The van der Waals surface area contributed by atoms with Gasteiger partial charge in [-0.3, -0.25) is 4.79 Å². The first kappa shape index (κ1) is 14.7. The minimum atomic E-state index is 0.0257. The molecule has 0 spiro atoms. The summed E-state index contributed by atoms with van der Waals surface area (Å²) in [4.78, 5) is 13.7. The van der Waals surface area contributed by atoms with E-state index in [0.717, 1.165) is 17.7 Å². The molecular formula is C16H18ClNO2. The number of ether oxygens (including phenoxy) is 1. The molecule has 2 rings (SSSR count). The molecular weight excluding hydrogens is 274 g/mol. The lowest BCUT2D eigenvalue weighted by Gasteiger charge is -2.29. The van der Waals surface area contributed by atoms with Gasteiger partial charge in [0.05, 0.1) is 5.02 Å². The third kappa shape index (κ3) is 2.88. The van der Waals surface area contributed by atoms with Gasteiger partial charge >= 0.3 is 0 Å². The highest BCUT2D eigenvalue weighted by Crippen LogP contribution is 2.33. The van der Waals surface area contributed by atoms with Crippen LogP contribution in [-0.2, 0) is 4.79 Å². The van der Waals surface area contributed by atoms with Gasteiger partial charge < -0.3 is 9.64 Å². The second kappa shape index (κ2) is 6.14. The van der Waals surface area contributed by atoms with E-state index in [1.165, 1.54) is 0 Å². The van der Waals surface area contributed by atoms with Crippen LogP contribution in [0.3, 0.4) is 0 Å². The highest BCUT2D eigenvalue weighted by atomic mass is 35.5. The molecule has 0 aliphatic carbocycles. The lowest BCUT2D eigenvalue weighted by molar-refractivity contribution is -0.131. The van der Waals surface area contributed by atoms with Crippen LogP contribution in [-0.4, -0.2) is 24.5 Å². The van der Waals surface area contributed by atoms with Gasteiger partial charge in [-0.15, -0.1) is 0 Å². The fourth-order valence-electron chi connectivity index (χ4n) is 2.21. The summed E-state index contributed by atoms with van der Waals surface area (Å²) in [5.41, 5.74) is 1.70. The molecule has 1 aliphatic rings. The molecule has 0 bridgehead atoms. The number of nitrogens with zero attached hydrogens (tertiary/aromatic N) is 1. The van der Waals surface area contributed by atoms with Crippen molar-refractivity contribution in [2.75, 3.05) is 13.7 Å². The molecule has 0 radical (unpaired) electrons. The Hall–Kier alpha value is -1.74. The molecule has 0 N–H and O–H groups in total. The molecule has 1 aromatic carbocycles. The number of benzene rings is 1. The zero-order valence-corrected chi connectivity index (χ0v) is 12.5. The van der Waals surface area contributed by atoms with E-state index in [9.17, 15) is 4.79 Å². The number of hydrogen-bond acceptors (Lipinski definition) is 2. The standard InChI is InChI=1S/C16H18ClNO2/c1-4-9-20-12-6-7-13(14(17)10-12)15-8-5-11(2)16(19)18(15)3/h4,6-8,10-11H,1,5,9H2,2-3H3. The molecule has 1 aromatic rings. The third-order valence-corrected chi connectivity index (χ3v) is 3.68. The van der Waals surface area contributed by atoms with Crippen LogP contribution in [0, 0.1) is 5.92 Å². The van der Waals surface area contributed by atoms with E-state index in [0.29, 0.717) is 17.4 Å². The van der Waals surface area contributed by atoms with Gasteiger partial charge in [0.2, 0.25) is 5.91 Å². The Morgan fingerprint density at radius 3 is 2.95 bits per heavy atom. The van der Waals surface area contributed by atoms with Gasteiger partial charge in [0.1, 0.15) is 12.4 Å². The quantitative estimate of drug-likeness (QED) is 0.791. The zero-order chi connectivity index (χ0) is 14.7. The summed E-state index contributed by atoms with van der Waals surface area (Å²) in [5, 5.41) is 0.576. The van der Waals surface area contributed by atoms with E-state index in [1.807, 2.05) is 19.1 Å². The molecule has 1 unspecified atom stereocenters. The largest absolute Gasteiger partial charge is 0.490 e. The maximum atomic E-state index is 12.0. The molecule has 0 aromatic heterocycles. The number of hydrogen-bond donors (Lipinski definition) is 0. The van der Waals surface area contributed by atoms with Crippen LogP contribution in [0.25, 0.3) is 5.70 Å². The Labute approximate surface area is 124 Å². The van der Waals surface area contributed by atoms with Crippen molar-refractivity contribution in [1.82, 2.24) is 4.90 Å². The first-order valence-electron chi connectivity index (χ1n) is 6.56. The van der Waals surface area contributed by atoms with E-state index in [-0.39, 0.29) is 11.8 Å². The Bertz CT molecular complexity index is 566. The average molecular weight is 292 g/mol. The highest BCUT2D eigenvalue weighted by Gasteiger charge is 2.26. The van der Waals surface area contributed by atoms with Crippen LogP contribution in [0.1, 0.15) is 18.9 Å². The summed E-state index contributed by atoms with van der Waals surface area (Å²) in [7, 11) is 1.78. The van der Waals surface area contributed by atoms with Crippen molar-refractivity contribution in [3.05, 3.63) is 47.5 Å². The van der Waals surface area contributed by atoms with Gasteiger partial charge in [-0.2, -0.15) is 0 Å². The van der Waals surface area contributed by atoms with Crippen molar-refractivity contribution < 1.29 is 9.53 Å². The summed E-state index contributed by atoms with van der Waals surface area (Å²) < 4.78 is 5.44. The van der Waals surface area contributed by atoms with E-state index < -0.39 is 0 Å². The monoisotopic (exact) mass is 291 g/mol. The molecule has 4 heteroatoms. The average Bonchev–Trinajstić information content (AvgIpc) is 2.44. The number of allylic oxidation sites excluding steroid dienone is 1. The van der Waals surface area contributed by atoms with Crippen molar-refractivity contribution in [3.63, 3.8) is 0 Å². The second-order valence-electron chi connectivity index (χ2n) is 4.86. The van der Waals surface area contributed by atoms with E-state index in [4.69, 9.17) is 16.3 Å². The lowest BCUT2D eigenvalue weighted by Crippen LogP contribution is -2.33. The Balaban J connectivity index is 2.29. The van der Waals surface area contributed by atoms with Gasteiger partial charge in [0.25, 0.3) is 0 Å². The van der Waals surface area contributed by atoms with Crippen LogP contribution in [0.4, 0.5) is 0 Å². The predicted molar refractivity (Wildman–Crippen MR) is 81.7 cm³/mol. The van der Waals surface area contributed by atoms with Crippen molar-refractivity contribution in [1.29, 1.82) is 0 Å². The molecule has 1 heterocycles. The molecule has 0 saturated heterocycles. The highest BCUT2D eigenvalue weighted by molar-refractivity contribution is 6.32. The number of halogens is 1. The second-order valence-corrected chi connectivity index (χ2v) is 5.27. The van der Waals surface area contributed by atoms with Crippen LogP contribution in [0.5, 0.6) is 5.75 Å². The van der Waals surface area contributed by atoms with E-state index in [2.05, 4.69) is 12.7 Å². The van der Waals surface area contributed by atoms with Gasteiger partial charge in [0, 0.05) is 24.2 Å². The Morgan fingerprint density at radius 1 is 1.55 bits per heavy atom. The normalized spacial score (nSPS) is 18.8. The SMILES string of the molecule is C=CCOc1ccc(C2=CCC(C)C(=O)N2C)c(Cl)c1.